The van der Waals surface area contributed by atoms with Crippen molar-refractivity contribution in [3.63, 3.8) is 0 Å². The monoisotopic (exact) mass is 322 g/mol. The summed E-state index contributed by atoms with van der Waals surface area (Å²) in [6, 6.07) is 3.66. The zero-order valence-electron chi connectivity index (χ0n) is 11.2. The molecule has 0 saturated carbocycles. The Hall–Kier alpha value is -1.34. The van der Waals surface area contributed by atoms with E-state index in [0.717, 1.165) is 16.6 Å². The molecule has 0 atom stereocenters. The maximum Gasteiger partial charge on any atom is 0.232 e. The summed E-state index contributed by atoms with van der Waals surface area (Å²) >= 11 is 5.65. The van der Waals surface area contributed by atoms with Crippen LogP contribution in [0.2, 0.25) is 5.02 Å². The predicted molar refractivity (Wildman–Crippen MR) is 76.9 cm³/mol. The lowest BCUT2D eigenvalue weighted by Crippen LogP contribution is -2.38. The van der Waals surface area contributed by atoms with Crippen LogP contribution in [0.25, 0.3) is 0 Å². The molecule has 20 heavy (non-hydrogen) atoms. The molecule has 0 unspecified atom stereocenters. The second-order valence-electron chi connectivity index (χ2n) is 4.14. The van der Waals surface area contributed by atoms with E-state index in [1.165, 1.54) is 12.1 Å². The molecule has 0 spiro atoms. The minimum atomic E-state index is -3.55. The summed E-state index contributed by atoms with van der Waals surface area (Å²) in [6.07, 6.45) is 1.35. The molecule has 1 aromatic carbocycles. The molecule has 0 fully saturated rings. The number of hydrogen-bond donors (Lipinski definition) is 1. The van der Waals surface area contributed by atoms with Crippen molar-refractivity contribution in [2.24, 2.45) is 0 Å². The Labute approximate surface area is 122 Å². The standard InChI is InChI=1S/C12H16ClFN2O3S/c1-3-12(17)15-6-7-16(20(2,18)19)9-4-5-11(14)10(13)8-9/h4-5,8H,3,6-7H2,1-2H3,(H,15,17). The van der Waals surface area contributed by atoms with Gasteiger partial charge in [0.2, 0.25) is 15.9 Å². The van der Waals surface area contributed by atoms with Gasteiger partial charge in [0.05, 0.1) is 23.5 Å². The summed E-state index contributed by atoms with van der Waals surface area (Å²) < 4.78 is 37.7. The molecular weight excluding hydrogens is 307 g/mol. The van der Waals surface area contributed by atoms with Crippen LogP contribution >= 0.6 is 11.6 Å². The van der Waals surface area contributed by atoms with E-state index in [1.807, 2.05) is 0 Å². The van der Waals surface area contributed by atoms with Gasteiger partial charge in [-0.25, -0.2) is 12.8 Å². The Balaban J connectivity index is 2.90. The molecule has 1 amide bonds. The highest BCUT2D eigenvalue weighted by Crippen LogP contribution is 2.24. The van der Waals surface area contributed by atoms with E-state index in [2.05, 4.69) is 5.32 Å². The van der Waals surface area contributed by atoms with E-state index in [4.69, 9.17) is 11.6 Å². The van der Waals surface area contributed by atoms with Crippen LogP contribution in [0.1, 0.15) is 13.3 Å². The molecule has 1 N–H and O–H groups in total. The third-order valence-electron chi connectivity index (χ3n) is 2.55. The van der Waals surface area contributed by atoms with Crippen molar-refractivity contribution in [2.75, 3.05) is 23.7 Å². The Kier molecular flexibility index (Phi) is 5.76. The fourth-order valence-corrected chi connectivity index (χ4v) is 2.64. The second kappa shape index (κ2) is 6.90. The van der Waals surface area contributed by atoms with Crippen LogP contribution in [-0.2, 0) is 14.8 Å². The maximum absolute atomic E-state index is 13.1. The number of nitrogens with one attached hydrogen (secondary N) is 1. The van der Waals surface area contributed by atoms with Crippen molar-refractivity contribution in [3.05, 3.63) is 29.0 Å². The van der Waals surface area contributed by atoms with Crippen molar-refractivity contribution in [1.82, 2.24) is 5.32 Å². The van der Waals surface area contributed by atoms with E-state index < -0.39 is 15.8 Å². The van der Waals surface area contributed by atoms with Crippen molar-refractivity contribution >= 4 is 33.2 Å². The number of nitrogens with zero attached hydrogens (tertiary/aromatic N) is 1. The third kappa shape index (κ3) is 4.64. The first-order chi connectivity index (χ1) is 9.25. The summed E-state index contributed by atoms with van der Waals surface area (Å²) in [5, 5.41) is 2.42. The lowest BCUT2D eigenvalue weighted by Gasteiger charge is -2.22. The lowest BCUT2D eigenvalue weighted by molar-refractivity contribution is -0.120. The first kappa shape index (κ1) is 16.7. The lowest BCUT2D eigenvalue weighted by atomic mass is 10.3. The maximum atomic E-state index is 13.1. The molecule has 0 bridgehead atoms. The van der Waals surface area contributed by atoms with Gasteiger partial charge in [0, 0.05) is 13.0 Å². The number of sulfonamides is 1. The van der Waals surface area contributed by atoms with Crippen LogP contribution in [0.15, 0.2) is 18.2 Å². The summed E-state index contributed by atoms with van der Waals surface area (Å²) in [7, 11) is -3.55. The molecule has 1 aromatic rings. The highest BCUT2D eigenvalue weighted by Gasteiger charge is 2.18. The van der Waals surface area contributed by atoms with Gasteiger partial charge in [-0.15, -0.1) is 0 Å². The van der Waals surface area contributed by atoms with Crippen LogP contribution in [0.3, 0.4) is 0 Å². The first-order valence-corrected chi connectivity index (χ1v) is 8.17. The molecule has 1 rings (SSSR count). The average Bonchev–Trinajstić information content (AvgIpc) is 2.36. The molecule has 5 nitrogen and oxygen atoms in total. The highest BCUT2D eigenvalue weighted by molar-refractivity contribution is 7.92. The number of benzene rings is 1. The Bertz CT molecular complexity index is 592. The van der Waals surface area contributed by atoms with E-state index in [0.29, 0.717) is 6.42 Å². The second-order valence-corrected chi connectivity index (χ2v) is 6.45. The Morgan fingerprint density at radius 1 is 1.45 bits per heavy atom. The summed E-state index contributed by atoms with van der Waals surface area (Å²) in [6.45, 7) is 1.91. The number of anilines is 1. The van der Waals surface area contributed by atoms with E-state index >= 15 is 0 Å². The van der Waals surface area contributed by atoms with Crippen LogP contribution < -0.4 is 9.62 Å². The average molecular weight is 323 g/mol. The van der Waals surface area contributed by atoms with Gasteiger partial charge in [0.25, 0.3) is 0 Å². The topological polar surface area (TPSA) is 66.5 Å². The van der Waals surface area contributed by atoms with Crippen molar-refractivity contribution in [2.45, 2.75) is 13.3 Å². The predicted octanol–water partition coefficient (Wildman–Crippen LogP) is 1.77. The van der Waals surface area contributed by atoms with Gasteiger partial charge >= 0.3 is 0 Å². The quantitative estimate of drug-likeness (QED) is 0.868. The molecular formula is C12H16ClFN2O3S. The smallest absolute Gasteiger partial charge is 0.232 e. The molecule has 8 heteroatoms. The number of hydrogen-bond acceptors (Lipinski definition) is 3. The molecule has 0 aliphatic rings. The largest absolute Gasteiger partial charge is 0.354 e. The zero-order chi connectivity index (χ0) is 15.3. The van der Waals surface area contributed by atoms with Gasteiger partial charge in [-0.3, -0.25) is 9.10 Å². The zero-order valence-corrected chi connectivity index (χ0v) is 12.8. The fraction of sp³-hybridized carbons (Fsp3) is 0.417. The number of rotatable bonds is 6. The Morgan fingerprint density at radius 2 is 2.10 bits per heavy atom. The van der Waals surface area contributed by atoms with Gasteiger partial charge in [0.1, 0.15) is 5.82 Å². The van der Waals surface area contributed by atoms with Gasteiger partial charge in [-0.2, -0.15) is 0 Å². The summed E-state index contributed by atoms with van der Waals surface area (Å²) in [5.41, 5.74) is 0.254. The van der Waals surface area contributed by atoms with Gasteiger partial charge in [-0.05, 0) is 18.2 Å². The summed E-state index contributed by atoms with van der Waals surface area (Å²) in [5.74, 6) is -0.793. The van der Waals surface area contributed by atoms with E-state index in [9.17, 15) is 17.6 Å². The van der Waals surface area contributed by atoms with Gasteiger partial charge < -0.3 is 5.32 Å². The van der Waals surface area contributed by atoms with Crippen molar-refractivity contribution in [3.8, 4) is 0 Å². The SMILES string of the molecule is CCC(=O)NCCN(c1ccc(F)c(Cl)c1)S(C)(=O)=O. The van der Waals surface area contributed by atoms with Crippen molar-refractivity contribution < 1.29 is 17.6 Å². The first-order valence-electron chi connectivity index (χ1n) is 5.95. The van der Waals surface area contributed by atoms with Crippen LogP contribution in [0, 0.1) is 5.82 Å². The molecule has 0 heterocycles. The van der Waals surface area contributed by atoms with Crippen LogP contribution in [0.4, 0.5) is 10.1 Å². The Morgan fingerprint density at radius 3 is 2.60 bits per heavy atom. The summed E-state index contributed by atoms with van der Waals surface area (Å²) in [4.78, 5) is 11.1. The molecule has 0 aliphatic heterocycles. The number of amides is 1. The molecule has 0 aliphatic carbocycles. The minimum absolute atomic E-state index is 0.0481. The van der Waals surface area contributed by atoms with E-state index in [-0.39, 0.29) is 29.7 Å². The number of carbonyl (C=O) groups is 1. The minimum Gasteiger partial charge on any atom is -0.354 e. The molecule has 112 valence electrons. The van der Waals surface area contributed by atoms with Crippen molar-refractivity contribution in [1.29, 1.82) is 0 Å². The van der Waals surface area contributed by atoms with E-state index in [1.54, 1.807) is 6.92 Å². The molecule has 0 radical (unpaired) electrons. The van der Waals surface area contributed by atoms with Crippen LogP contribution in [-0.4, -0.2) is 33.7 Å². The fourth-order valence-electron chi connectivity index (χ4n) is 1.55. The van der Waals surface area contributed by atoms with Gasteiger partial charge in [0.15, 0.2) is 0 Å². The third-order valence-corrected chi connectivity index (χ3v) is 4.03. The van der Waals surface area contributed by atoms with Gasteiger partial charge in [-0.1, -0.05) is 18.5 Å². The molecule has 0 saturated heterocycles. The number of carbonyl (C=O) groups excluding carboxylic acids is 1. The normalized spacial score (nSPS) is 11.2. The van der Waals surface area contributed by atoms with Crippen LogP contribution in [0.5, 0.6) is 0 Å². The number of halogens is 2. The molecule has 0 aromatic heterocycles. The highest BCUT2D eigenvalue weighted by atomic mass is 35.5.